The molecule has 17 heavy (non-hydrogen) atoms. The van der Waals surface area contributed by atoms with E-state index in [4.69, 9.17) is 9.84 Å². The molecule has 0 aromatic carbocycles. The molecule has 0 spiro atoms. The molecule has 2 N–H and O–H groups in total. The molecule has 0 unspecified atom stereocenters. The van der Waals surface area contributed by atoms with Gasteiger partial charge in [-0.2, -0.15) is 0 Å². The lowest BCUT2D eigenvalue weighted by molar-refractivity contribution is -0.152. The number of esters is 1. The van der Waals surface area contributed by atoms with Crippen molar-refractivity contribution < 1.29 is 24.5 Å². The van der Waals surface area contributed by atoms with E-state index in [-0.39, 0.29) is 31.5 Å². The van der Waals surface area contributed by atoms with Crippen molar-refractivity contribution in [1.29, 1.82) is 0 Å². The van der Waals surface area contributed by atoms with E-state index in [0.29, 0.717) is 0 Å². The van der Waals surface area contributed by atoms with Crippen LogP contribution in [0.3, 0.4) is 0 Å². The van der Waals surface area contributed by atoms with Crippen LogP contribution in [0.5, 0.6) is 0 Å². The van der Waals surface area contributed by atoms with Crippen LogP contribution in [0, 0.1) is 5.41 Å². The number of aliphatic hydroxyl groups excluding tert-OH is 1. The number of aliphatic carboxylic acids is 1. The number of hydrogen-bond acceptors (Lipinski definition) is 4. The Morgan fingerprint density at radius 3 is 2.29 bits per heavy atom. The lowest BCUT2D eigenvalue weighted by Crippen LogP contribution is -2.34. The number of carboxylic acid groups (broad SMARTS) is 1. The number of aliphatic hydroxyl groups is 1. The number of hydrogen-bond donors (Lipinski definition) is 2. The Kier molecular flexibility index (Phi) is 5.41. The minimum Gasteiger partial charge on any atom is -0.481 e. The SMILES string of the molecule is O=C(O)CCC(=O)OCC1(CO)CCCCC1. The van der Waals surface area contributed by atoms with Crippen LogP contribution >= 0.6 is 0 Å². The zero-order valence-corrected chi connectivity index (χ0v) is 9.98. The summed E-state index contributed by atoms with van der Waals surface area (Å²) < 4.78 is 5.06. The molecule has 0 amide bonds. The maximum absolute atomic E-state index is 11.3. The van der Waals surface area contributed by atoms with Crippen LogP contribution in [0.2, 0.25) is 0 Å². The lowest BCUT2D eigenvalue weighted by Gasteiger charge is -2.34. The first-order valence-electron chi connectivity index (χ1n) is 6.06. The third-order valence-electron chi connectivity index (χ3n) is 3.33. The minimum absolute atomic E-state index is 0.0270. The summed E-state index contributed by atoms with van der Waals surface area (Å²) in [6, 6.07) is 0. The van der Waals surface area contributed by atoms with Crippen molar-refractivity contribution in [3.05, 3.63) is 0 Å². The first kappa shape index (κ1) is 14.0. The second-order valence-electron chi connectivity index (χ2n) is 4.77. The molecule has 0 aliphatic heterocycles. The monoisotopic (exact) mass is 244 g/mol. The van der Waals surface area contributed by atoms with E-state index in [1.54, 1.807) is 0 Å². The highest BCUT2D eigenvalue weighted by Crippen LogP contribution is 2.36. The number of carboxylic acids is 1. The van der Waals surface area contributed by atoms with Gasteiger partial charge in [-0.3, -0.25) is 9.59 Å². The summed E-state index contributed by atoms with van der Waals surface area (Å²) in [5.74, 6) is -1.50. The summed E-state index contributed by atoms with van der Waals surface area (Å²) in [5, 5.41) is 17.8. The van der Waals surface area contributed by atoms with Gasteiger partial charge in [-0.05, 0) is 12.8 Å². The fourth-order valence-electron chi connectivity index (χ4n) is 2.16. The smallest absolute Gasteiger partial charge is 0.306 e. The highest BCUT2D eigenvalue weighted by Gasteiger charge is 2.32. The highest BCUT2D eigenvalue weighted by atomic mass is 16.5. The molecule has 0 bridgehead atoms. The number of carbonyl (C=O) groups excluding carboxylic acids is 1. The van der Waals surface area contributed by atoms with Gasteiger partial charge in [-0.25, -0.2) is 0 Å². The van der Waals surface area contributed by atoms with Crippen molar-refractivity contribution in [3.8, 4) is 0 Å². The second-order valence-corrected chi connectivity index (χ2v) is 4.77. The van der Waals surface area contributed by atoms with Gasteiger partial charge in [0, 0.05) is 5.41 Å². The van der Waals surface area contributed by atoms with Gasteiger partial charge in [0.1, 0.15) is 0 Å². The van der Waals surface area contributed by atoms with E-state index < -0.39 is 11.9 Å². The van der Waals surface area contributed by atoms with Crippen LogP contribution in [0.1, 0.15) is 44.9 Å². The summed E-state index contributed by atoms with van der Waals surface area (Å²) in [5.41, 5.74) is -0.295. The van der Waals surface area contributed by atoms with Crippen LogP contribution in [0.25, 0.3) is 0 Å². The zero-order valence-electron chi connectivity index (χ0n) is 9.98. The van der Waals surface area contributed by atoms with Crippen LogP contribution in [0.15, 0.2) is 0 Å². The molecule has 1 rings (SSSR count). The molecule has 0 heterocycles. The molecule has 0 aromatic heterocycles. The Morgan fingerprint density at radius 2 is 1.76 bits per heavy atom. The topological polar surface area (TPSA) is 83.8 Å². The molecule has 1 fully saturated rings. The van der Waals surface area contributed by atoms with Crippen molar-refractivity contribution in [3.63, 3.8) is 0 Å². The molecule has 1 aliphatic rings. The van der Waals surface area contributed by atoms with Crippen molar-refractivity contribution >= 4 is 11.9 Å². The van der Waals surface area contributed by atoms with Gasteiger partial charge >= 0.3 is 11.9 Å². The van der Waals surface area contributed by atoms with Gasteiger partial charge in [0.2, 0.25) is 0 Å². The summed E-state index contributed by atoms with van der Waals surface area (Å²) in [6.45, 7) is 0.237. The summed E-state index contributed by atoms with van der Waals surface area (Å²) in [4.78, 5) is 21.6. The Labute approximate surface area is 101 Å². The Balaban J connectivity index is 2.31. The van der Waals surface area contributed by atoms with E-state index in [2.05, 4.69) is 0 Å². The molecule has 5 nitrogen and oxygen atoms in total. The Morgan fingerprint density at radius 1 is 1.12 bits per heavy atom. The normalized spacial score (nSPS) is 18.6. The largest absolute Gasteiger partial charge is 0.481 e. The van der Waals surface area contributed by atoms with Crippen molar-refractivity contribution in [2.75, 3.05) is 13.2 Å². The fourth-order valence-corrected chi connectivity index (χ4v) is 2.16. The Hall–Kier alpha value is -1.10. The minimum atomic E-state index is -1.00. The number of carbonyl (C=O) groups is 2. The average molecular weight is 244 g/mol. The van der Waals surface area contributed by atoms with E-state index in [0.717, 1.165) is 32.1 Å². The van der Waals surface area contributed by atoms with Crippen molar-refractivity contribution in [2.45, 2.75) is 44.9 Å². The van der Waals surface area contributed by atoms with Crippen LogP contribution < -0.4 is 0 Å². The van der Waals surface area contributed by atoms with E-state index in [9.17, 15) is 14.7 Å². The maximum Gasteiger partial charge on any atom is 0.306 e. The van der Waals surface area contributed by atoms with Gasteiger partial charge in [0.05, 0.1) is 26.1 Å². The van der Waals surface area contributed by atoms with E-state index in [1.807, 2.05) is 0 Å². The summed E-state index contributed by atoms with van der Waals surface area (Å²) in [7, 11) is 0. The molecule has 0 aromatic rings. The number of ether oxygens (including phenoxy) is 1. The van der Waals surface area contributed by atoms with Gasteiger partial charge in [-0.1, -0.05) is 19.3 Å². The van der Waals surface area contributed by atoms with Gasteiger partial charge in [0.25, 0.3) is 0 Å². The molecule has 0 radical (unpaired) electrons. The quantitative estimate of drug-likeness (QED) is 0.689. The molecular weight excluding hydrogens is 224 g/mol. The molecule has 1 aliphatic carbocycles. The van der Waals surface area contributed by atoms with Gasteiger partial charge in [-0.15, -0.1) is 0 Å². The highest BCUT2D eigenvalue weighted by molar-refractivity contribution is 5.76. The zero-order chi connectivity index (χ0) is 12.7. The van der Waals surface area contributed by atoms with Crippen LogP contribution in [-0.4, -0.2) is 35.4 Å². The summed E-state index contributed by atoms with van der Waals surface area (Å²) >= 11 is 0. The van der Waals surface area contributed by atoms with Crippen LogP contribution in [-0.2, 0) is 14.3 Å². The van der Waals surface area contributed by atoms with Crippen molar-refractivity contribution in [1.82, 2.24) is 0 Å². The number of rotatable bonds is 6. The van der Waals surface area contributed by atoms with Gasteiger partial charge in [0.15, 0.2) is 0 Å². The molecule has 1 saturated carbocycles. The molecular formula is C12H20O5. The van der Waals surface area contributed by atoms with E-state index >= 15 is 0 Å². The summed E-state index contributed by atoms with van der Waals surface area (Å²) in [6.07, 6.45) is 4.70. The maximum atomic E-state index is 11.3. The molecule has 5 heteroatoms. The average Bonchev–Trinajstić information content (AvgIpc) is 2.35. The predicted octanol–water partition coefficient (Wildman–Crippen LogP) is 1.34. The first-order chi connectivity index (χ1) is 8.08. The third-order valence-corrected chi connectivity index (χ3v) is 3.33. The van der Waals surface area contributed by atoms with E-state index in [1.165, 1.54) is 0 Å². The third kappa shape index (κ3) is 4.73. The van der Waals surface area contributed by atoms with Crippen molar-refractivity contribution in [2.24, 2.45) is 5.41 Å². The first-order valence-corrected chi connectivity index (χ1v) is 6.06. The molecule has 0 atom stereocenters. The standard InChI is InChI=1S/C12H20O5/c13-8-12(6-2-1-3-7-12)9-17-11(16)5-4-10(14)15/h13H,1-9H2,(H,14,15). The van der Waals surface area contributed by atoms with Gasteiger partial charge < -0.3 is 14.9 Å². The second kappa shape index (κ2) is 6.59. The predicted molar refractivity (Wildman–Crippen MR) is 60.4 cm³/mol. The van der Waals surface area contributed by atoms with Crippen LogP contribution in [0.4, 0.5) is 0 Å². The molecule has 0 saturated heterocycles. The Bertz CT molecular complexity index is 268. The molecule has 98 valence electrons. The fraction of sp³-hybridized carbons (Fsp3) is 0.833. The lowest BCUT2D eigenvalue weighted by atomic mass is 9.75.